The molecule has 9 heteroatoms. The molecule has 2 aromatic carbocycles. The Hall–Kier alpha value is -3.04. The number of anilines is 1. The average molecular weight is 457 g/mol. The van der Waals surface area contributed by atoms with E-state index in [9.17, 15) is 12.8 Å². The second-order valence-corrected chi connectivity index (χ2v) is 9.86. The van der Waals surface area contributed by atoms with E-state index in [1.807, 2.05) is 25.7 Å². The Bertz CT molecular complexity index is 1220. The predicted octanol–water partition coefficient (Wildman–Crippen LogP) is 3.92. The van der Waals surface area contributed by atoms with Gasteiger partial charge in [0.1, 0.15) is 12.1 Å². The summed E-state index contributed by atoms with van der Waals surface area (Å²) in [5, 5.41) is 0. The van der Waals surface area contributed by atoms with E-state index in [0.29, 0.717) is 30.3 Å². The lowest BCUT2D eigenvalue weighted by Gasteiger charge is -2.39. The van der Waals surface area contributed by atoms with Crippen LogP contribution in [-0.4, -0.2) is 48.4 Å². The lowest BCUT2D eigenvalue weighted by atomic mass is 10.2. The van der Waals surface area contributed by atoms with Gasteiger partial charge in [-0.1, -0.05) is 23.8 Å². The highest BCUT2D eigenvalue weighted by Crippen LogP contribution is 2.28. The standard InChI is InChI=1S/C23H25FN4O3S/c1-16-4-7-19(8-5-16)32(29,30)28-11-10-27(14-18(28)3)22-13-23(26-15-25-22)31-21-12-17(2)6-9-20(21)24/h4-9,12-13,15,18H,10-11,14H2,1-3H3/t18-/m1/s1. The fourth-order valence-corrected chi connectivity index (χ4v) is 5.33. The third-order valence-corrected chi connectivity index (χ3v) is 7.47. The van der Waals surface area contributed by atoms with Crippen LogP contribution < -0.4 is 9.64 Å². The van der Waals surface area contributed by atoms with E-state index in [4.69, 9.17) is 4.74 Å². The molecule has 168 valence electrons. The Labute approximate surface area is 187 Å². The molecule has 1 atom stereocenters. The Morgan fingerprint density at radius 2 is 1.72 bits per heavy atom. The summed E-state index contributed by atoms with van der Waals surface area (Å²) in [5.74, 6) is 0.445. The molecule has 0 unspecified atom stereocenters. The summed E-state index contributed by atoms with van der Waals surface area (Å²) in [5.41, 5.74) is 1.88. The molecule has 0 spiro atoms. The van der Waals surface area contributed by atoms with Gasteiger partial charge in [-0.2, -0.15) is 4.31 Å². The van der Waals surface area contributed by atoms with Crippen molar-refractivity contribution in [3.63, 3.8) is 0 Å². The van der Waals surface area contributed by atoms with Crippen LogP contribution in [0.15, 0.2) is 59.8 Å². The van der Waals surface area contributed by atoms with E-state index in [1.54, 1.807) is 42.5 Å². The summed E-state index contributed by atoms with van der Waals surface area (Å²) in [4.78, 5) is 10.7. The van der Waals surface area contributed by atoms with Crippen LogP contribution in [0.1, 0.15) is 18.1 Å². The molecule has 4 rings (SSSR count). The lowest BCUT2D eigenvalue weighted by Crippen LogP contribution is -2.54. The molecular formula is C23H25FN4O3S. The van der Waals surface area contributed by atoms with Crippen molar-refractivity contribution < 1.29 is 17.5 Å². The van der Waals surface area contributed by atoms with E-state index < -0.39 is 15.8 Å². The minimum atomic E-state index is -3.58. The number of aryl methyl sites for hydroxylation is 2. The highest BCUT2D eigenvalue weighted by molar-refractivity contribution is 7.89. The molecule has 1 aliphatic heterocycles. The summed E-state index contributed by atoms with van der Waals surface area (Å²) in [6, 6.07) is 12.9. The van der Waals surface area contributed by atoms with Crippen molar-refractivity contribution in [2.24, 2.45) is 0 Å². The molecule has 1 aliphatic rings. The van der Waals surface area contributed by atoms with Crippen molar-refractivity contribution in [3.05, 3.63) is 71.8 Å². The Morgan fingerprint density at radius 3 is 2.44 bits per heavy atom. The Balaban J connectivity index is 1.49. The molecule has 0 radical (unpaired) electrons. The van der Waals surface area contributed by atoms with Crippen molar-refractivity contribution in [2.45, 2.75) is 31.7 Å². The number of hydrogen-bond donors (Lipinski definition) is 0. The smallest absolute Gasteiger partial charge is 0.243 e. The van der Waals surface area contributed by atoms with Crippen LogP contribution in [0.3, 0.4) is 0 Å². The van der Waals surface area contributed by atoms with Gasteiger partial charge < -0.3 is 9.64 Å². The number of nitrogens with zero attached hydrogens (tertiary/aromatic N) is 4. The fraction of sp³-hybridized carbons (Fsp3) is 0.304. The maximum atomic E-state index is 14.0. The number of piperazine rings is 1. The van der Waals surface area contributed by atoms with Crippen molar-refractivity contribution in [2.75, 3.05) is 24.5 Å². The first-order valence-electron chi connectivity index (χ1n) is 10.3. The van der Waals surface area contributed by atoms with Gasteiger partial charge in [0.25, 0.3) is 0 Å². The van der Waals surface area contributed by atoms with Crippen molar-refractivity contribution in [1.29, 1.82) is 0 Å². The van der Waals surface area contributed by atoms with Crippen molar-refractivity contribution in [3.8, 4) is 11.6 Å². The van der Waals surface area contributed by atoms with E-state index >= 15 is 0 Å². The second kappa shape index (κ2) is 8.84. The van der Waals surface area contributed by atoms with E-state index in [0.717, 1.165) is 11.1 Å². The molecule has 32 heavy (non-hydrogen) atoms. The molecular weight excluding hydrogens is 431 g/mol. The van der Waals surface area contributed by atoms with Crippen LogP contribution in [0.5, 0.6) is 11.6 Å². The van der Waals surface area contributed by atoms with Gasteiger partial charge in [0, 0.05) is 31.7 Å². The third-order valence-electron chi connectivity index (χ3n) is 5.45. The summed E-state index contributed by atoms with van der Waals surface area (Å²) in [7, 11) is -3.58. The average Bonchev–Trinajstić information content (AvgIpc) is 2.76. The number of benzene rings is 2. The van der Waals surface area contributed by atoms with Crippen LogP contribution >= 0.6 is 0 Å². The van der Waals surface area contributed by atoms with Crippen molar-refractivity contribution in [1.82, 2.24) is 14.3 Å². The molecule has 1 saturated heterocycles. The van der Waals surface area contributed by atoms with Gasteiger partial charge in [-0.3, -0.25) is 0 Å². The van der Waals surface area contributed by atoms with Crippen LogP contribution in [0.4, 0.5) is 10.2 Å². The number of hydrogen-bond acceptors (Lipinski definition) is 6. The largest absolute Gasteiger partial charge is 0.436 e. The molecule has 0 saturated carbocycles. The van der Waals surface area contributed by atoms with Crippen LogP contribution in [0.25, 0.3) is 0 Å². The van der Waals surface area contributed by atoms with Crippen molar-refractivity contribution >= 4 is 15.8 Å². The van der Waals surface area contributed by atoms with Gasteiger partial charge in [-0.05, 0) is 50.6 Å². The SMILES string of the molecule is Cc1ccc(S(=O)(=O)N2CCN(c3cc(Oc4cc(C)ccc4F)ncn3)C[C@H]2C)cc1. The minimum absolute atomic E-state index is 0.0945. The molecule has 3 aromatic rings. The summed E-state index contributed by atoms with van der Waals surface area (Å²) in [6.07, 6.45) is 1.36. The molecule has 0 N–H and O–H groups in total. The molecule has 2 heterocycles. The first kappa shape index (κ1) is 22.2. The van der Waals surface area contributed by atoms with Gasteiger partial charge in [-0.25, -0.2) is 22.8 Å². The van der Waals surface area contributed by atoms with Gasteiger partial charge in [0.05, 0.1) is 4.90 Å². The zero-order valence-electron chi connectivity index (χ0n) is 18.2. The third kappa shape index (κ3) is 4.58. The monoisotopic (exact) mass is 456 g/mol. The summed E-state index contributed by atoms with van der Waals surface area (Å²) >= 11 is 0. The number of aromatic nitrogens is 2. The number of rotatable bonds is 5. The van der Waals surface area contributed by atoms with E-state index in [2.05, 4.69) is 9.97 Å². The minimum Gasteiger partial charge on any atom is -0.436 e. The van der Waals surface area contributed by atoms with Gasteiger partial charge in [0.15, 0.2) is 11.6 Å². The maximum Gasteiger partial charge on any atom is 0.243 e. The van der Waals surface area contributed by atoms with E-state index in [-0.39, 0.29) is 17.7 Å². The Morgan fingerprint density at radius 1 is 1.00 bits per heavy atom. The molecule has 1 aromatic heterocycles. The molecule has 7 nitrogen and oxygen atoms in total. The summed E-state index contributed by atoms with van der Waals surface area (Å²) < 4.78 is 47.4. The molecule has 0 amide bonds. The maximum absolute atomic E-state index is 14.0. The normalized spacial score (nSPS) is 17.4. The number of halogens is 1. The van der Waals surface area contributed by atoms with Gasteiger partial charge >= 0.3 is 0 Å². The quantitative estimate of drug-likeness (QED) is 0.579. The van der Waals surface area contributed by atoms with E-state index in [1.165, 1.54) is 16.7 Å². The number of sulfonamides is 1. The lowest BCUT2D eigenvalue weighted by molar-refractivity contribution is 0.305. The van der Waals surface area contributed by atoms with Gasteiger partial charge in [-0.15, -0.1) is 0 Å². The highest BCUT2D eigenvalue weighted by atomic mass is 32.2. The zero-order valence-corrected chi connectivity index (χ0v) is 19.0. The van der Waals surface area contributed by atoms with Gasteiger partial charge in [0.2, 0.25) is 15.9 Å². The Kier molecular flexibility index (Phi) is 6.12. The predicted molar refractivity (Wildman–Crippen MR) is 120 cm³/mol. The van der Waals surface area contributed by atoms with Crippen LogP contribution in [0, 0.1) is 19.7 Å². The summed E-state index contributed by atoms with van der Waals surface area (Å²) in [6.45, 7) is 6.89. The highest BCUT2D eigenvalue weighted by Gasteiger charge is 2.34. The topological polar surface area (TPSA) is 75.6 Å². The van der Waals surface area contributed by atoms with Crippen LogP contribution in [0.2, 0.25) is 0 Å². The fourth-order valence-electron chi connectivity index (χ4n) is 3.71. The molecule has 0 bridgehead atoms. The second-order valence-electron chi connectivity index (χ2n) is 7.97. The molecule has 1 fully saturated rings. The first-order valence-corrected chi connectivity index (χ1v) is 11.8. The first-order chi connectivity index (χ1) is 15.2. The van der Waals surface area contributed by atoms with Crippen LogP contribution in [-0.2, 0) is 10.0 Å². The molecule has 0 aliphatic carbocycles. The number of ether oxygens (including phenoxy) is 1. The zero-order chi connectivity index (χ0) is 22.9.